The number of azo groups is 2. The summed E-state index contributed by atoms with van der Waals surface area (Å²) in [5.41, 5.74) is 4.03. The largest absolute Gasteiger partial charge is 0.505 e. The van der Waals surface area contributed by atoms with Gasteiger partial charge < -0.3 is 10.8 Å². The van der Waals surface area contributed by atoms with E-state index in [9.17, 15) is 52.4 Å². The van der Waals surface area contributed by atoms with Crippen LogP contribution in [0.3, 0.4) is 0 Å². The molecule has 0 aliphatic carbocycles. The van der Waals surface area contributed by atoms with Crippen LogP contribution in [0.4, 0.5) is 28.4 Å². The fourth-order valence-corrected chi connectivity index (χ4v) is 6.25. The van der Waals surface area contributed by atoms with E-state index in [0.717, 1.165) is 11.5 Å². The molecule has 236 valence electrons. The highest BCUT2D eigenvalue weighted by Crippen LogP contribution is 2.46. The minimum Gasteiger partial charge on any atom is -0.505 e. The number of benzene rings is 4. The van der Waals surface area contributed by atoms with Crippen LogP contribution in [0.2, 0.25) is 0 Å². The van der Waals surface area contributed by atoms with Crippen molar-refractivity contribution in [3.8, 4) is 5.75 Å². The maximum Gasteiger partial charge on any atom is 0.296 e. The van der Waals surface area contributed by atoms with Crippen LogP contribution in [0, 0.1) is 0 Å². The summed E-state index contributed by atoms with van der Waals surface area (Å²) < 4.78 is 124. The highest BCUT2D eigenvalue weighted by molar-refractivity contribution is 7.94. The average molecular weight is 698 g/mol. The van der Waals surface area contributed by atoms with Gasteiger partial charge in [-0.1, -0.05) is 6.58 Å². The van der Waals surface area contributed by atoms with Crippen LogP contribution in [0.25, 0.3) is 10.8 Å². The van der Waals surface area contributed by atoms with Gasteiger partial charge in [0.25, 0.3) is 30.4 Å². The molecular formula is C24H19N5O12S4. The Kier molecular flexibility index (Phi) is 8.65. The molecular weight excluding hydrogens is 679 g/mol. The minimum atomic E-state index is -5.24. The number of anilines is 1. The predicted octanol–water partition coefficient (Wildman–Crippen LogP) is 4.62. The monoisotopic (exact) mass is 697 g/mol. The van der Waals surface area contributed by atoms with E-state index in [1.54, 1.807) is 0 Å². The van der Waals surface area contributed by atoms with Crippen molar-refractivity contribution in [1.82, 2.24) is 0 Å². The number of phenolic OH excluding ortho intramolecular Hbond substituents is 1. The van der Waals surface area contributed by atoms with E-state index >= 15 is 0 Å². The summed E-state index contributed by atoms with van der Waals surface area (Å²) in [6, 6.07) is 10.0. The number of hydrogen-bond acceptors (Lipinski definition) is 14. The maximum atomic E-state index is 12.3. The average Bonchev–Trinajstić information content (AvgIpc) is 2.94. The standard InChI is InChI=1S/C24H19N5O12S4/c1-2-42(31,32)14-5-3-13(4-6-14)26-28-22-17-12-21(45(39,40)41)23(24(30)16(17)8-9-18(22)25)29-27-19-11-15(43(33,34)35)7-10-20(19)44(36,37)38/h2-12,30H,1,25H2,(H,33,34,35)(H,36,37,38)(H,39,40,41). The molecule has 0 radical (unpaired) electrons. The number of aromatic hydroxyl groups is 1. The predicted molar refractivity (Wildman–Crippen MR) is 158 cm³/mol. The molecule has 0 saturated carbocycles. The van der Waals surface area contributed by atoms with Crippen LogP contribution in [0.15, 0.2) is 113 Å². The molecule has 0 aromatic heterocycles. The van der Waals surface area contributed by atoms with Crippen LogP contribution < -0.4 is 5.73 Å². The Balaban J connectivity index is 1.92. The number of rotatable bonds is 9. The number of sulfone groups is 1. The van der Waals surface area contributed by atoms with Gasteiger partial charge >= 0.3 is 0 Å². The molecule has 0 heterocycles. The molecule has 21 heteroatoms. The summed E-state index contributed by atoms with van der Waals surface area (Å²) in [6.45, 7) is 3.23. The Morgan fingerprint density at radius 2 is 1.20 bits per heavy atom. The molecule has 4 aromatic rings. The van der Waals surface area contributed by atoms with Gasteiger partial charge in [-0.05, 0) is 60.7 Å². The van der Waals surface area contributed by atoms with Crippen molar-refractivity contribution in [1.29, 1.82) is 0 Å². The minimum absolute atomic E-state index is 0.0704. The third-order valence-electron chi connectivity index (χ3n) is 5.93. The van der Waals surface area contributed by atoms with E-state index in [1.807, 2.05) is 0 Å². The summed E-state index contributed by atoms with van der Waals surface area (Å²) in [4.78, 5) is -3.03. The van der Waals surface area contributed by atoms with Gasteiger partial charge in [0.15, 0.2) is 15.6 Å². The number of hydrogen-bond donors (Lipinski definition) is 5. The first kappa shape index (κ1) is 33.3. The molecule has 0 bridgehead atoms. The van der Waals surface area contributed by atoms with Crippen LogP contribution in [-0.4, -0.2) is 52.4 Å². The summed E-state index contributed by atoms with van der Waals surface area (Å²) >= 11 is 0. The zero-order valence-corrected chi connectivity index (χ0v) is 25.4. The van der Waals surface area contributed by atoms with Crippen LogP contribution in [0.5, 0.6) is 5.75 Å². The van der Waals surface area contributed by atoms with Crippen molar-refractivity contribution >= 4 is 79.4 Å². The molecule has 6 N–H and O–H groups in total. The molecule has 0 saturated heterocycles. The summed E-state index contributed by atoms with van der Waals surface area (Å²) in [7, 11) is -18.9. The van der Waals surface area contributed by atoms with Gasteiger partial charge in [-0.3, -0.25) is 13.7 Å². The highest BCUT2D eigenvalue weighted by Gasteiger charge is 2.25. The van der Waals surface area contributed by atoms with Gasteiger partial charge in [0.2, 0.25) is 0 Å². The van der Waals surface area contributed by atoms with Gasteiger partial charge in [0.05, 0.1) is 21.2 Å². The number of fused-ring (bicyclic) bond motifs is 1. The van der Waals surface area contributed by atoms with Crippen molar-refractivity contribution < 1.29 is 52.4 Å². The molecule has 0 amide bonds. The first-order valence-electron chi connectivity index (χ1n) is 11.7. The Labute approximate surface area is 255 Å². The Hall–Kier alpha value is -4.64. The van der Waals surface area contributed by atoms with E-state index in [4.69, 9.17) is 5.73 Å². The van der Waals surface area contributed by atoms with E-state index in [2.05, 4.69) is 27.0 Å². The zero-order chi connectivity index (χ0) is 33.5. The van der Waals surface area contributed by atoms with E-state index in [-0.39, 0.29) is 32.7 Å². The Bertz CT molecular complexity index is 2390. The second kappa shape index (κ2) is 11.7. The quantitative estimate of drug-likeness (QED) is 0.0907. The fraction of sp³-hybridized carbons (Fsp3) is 0. The molecule has 0 fully saturated rings. The smallest absolute Gasteiger partial charge is 0.296 e. The van der Waals surface area contributed by atoms with E-state index < -0.39 is 72.0 Å². The van der Waals surface area contributed by atoms with Gasteiger partial charge in [-0.15, -0.1) is 15.3 Å². The van der Waals surface area contributed by atoms with Crippen molar-refractivity contribution in [3.63, 3.8) is 0 Å². The van der Waals surface area contributed by atoms with Crippen LogP contribution in [0.1, 0.15) is 0 Å². The number of nitrogens with zero attached hydrogens (tertiary/aromatic N) is 4. The first-order valence-corrected chi connectivity index (χ1v) is 17.6. The first-order chi connectivity index (χ1) is 20.7. The van der Waals surface area contributed by atoms with Gasteiger partial charge in [-0.2, -0.15) is 30.4 Å². The molecule has 0 aliphatic heterocycles. The lowest BCUT2D eigenvalue weighted by Gasteiger charge is -2.12. The highest BCUT2D eigenvalue weighted by atomic mass is 32.2. The molecule has 17 nitrogen and oxygen atoms in total. The normalized spacial score (nSPS) is 13.1. The Morgan fingerprint density at radius 1 is 0.622 bits per heavy atom. The Morgan fingerprint density at radius 3 is 1.76 bits per heavy atom. The SMILES string of the molecule is C=CS(=O)(=O)c1ccc(N=Nc2c(N)ccc3c(O)c(N=Nc4cc(S(=O)(=O)O)ccc4S(=O)(=O)O)c(S(=O)(=O)O)cc23)cc1. The fourth-order valence-electron chi connectivity index (χ4n) is 3.79. The molecule has 4 aromatic carbocycles. The van der Waals surface area contributed by atoms with Crippen LogP contribution >= 0.6 is 0 Å². The van der Waals surface area contributed by atoms with Crippen LogP contribution in [-0.2, 0) is 40.2 Å². The third kappa shape index (κ3) is 7.04. The zero-order valence-electron chi connectivity index (χ0n) is 22.1. The van der Waals surface area contributed by atoms with Gasteiger partial charge in [0, 0.05) is 16.2 Å². The summed E-state index contributed by atoms with van der Waals surface area (Å²) in [5.74, 6) is -0.946. The number of nitrogens with two attached hydrogens (primary N) is 1. The number of nitrogen functional groups attached to an aromatic ring is 1. The van der Waals surface area contributed by atoms with Crippen molar-refractivity contribution in [2.45, 2.75) is 19.6 Å². The maximum absolute atomic E-state index is 12.3. The van der Waals surface area contributed by atoms with Crippen molar-refractivity contribution in [3.05, 3.63) is 72.7 Å². The van der Waals surface area contributed by atoms with Crippen molar-refractivity contribution in [2.24, 2.45) is 20.5 Å². The van der Waals surface area contributed by atoms with Gasteiger partial charge in [0.1, 0.15) is 26.9 Å². The molecule has 0 atom stereocenters. The topological polar surface area (TPSA) is 293 Å². The lowest BCUT2D eigenvalue weighted by molar-refractivity contribution is 0.472. The van der Waals surface area contributed by atoms with Gasteiger partial charge in [-0.25, -0.2) is 8.42 Å². The molecule has 0 unspecified atom stereocenters. The third-order valence-corrected chi connectivity index (χ3v) is 9.91. The molecule has 4 rings (SSSR count). The van der Waals surface area contributed by atoms with E-state index in [1.165, 1.54) is 36.4 Å². The molecule has 0 aliphatic rings. The summed E-state index contributed by atoms with van der Waals surface area (Å²) in [5, 5.41) is 26.3. The lowest BCUT2D eigenvalue weighted by Crippen LogP contribution is -2.02. The molecule has 0 spiro atoms. The number of phenols is 1. The summed E-state index contributed by atoms with van der Waals surface area (Å²) in [6.07, 6.45) is 0. The second-order valence-corrected chi connectivity index (χ2v) is 14.9. The second-order valence-electron chi connectivity index (χ2n) is 8.83. The van der Waals surface area contributed by atoms with E-state index in [0.29, 0.717) is 18.2 Å². The lowest BCUT2D eigenvalue weighted by atomic mass is 10.1. The molecule has 45 heavy (non-hydrogen) atoms. The van der Waals surface area contributed by atoms with Crippen molar-refractivity contribution in [2.75, 3.05) is 5.73 Å².